The van der Waals surface area contributed by atoms with E-state index in [4.69, 9.17) is 9.47 Å². The first-order chi connectivity index (χ1) is 16.7. The van der Waals surface area contributed by atoms with Gasteiger partial charge >= 0.3 is 11.9 Å². The average molecular weight is 483 g/mol. The maximum absolute atomic E-state index is 12.1. The van der Waals surface area contributed by atoms with E-state index in [0.29, 0.717) is 19.6 Å². The summed E-state index contributed by atoms with van der Waals surface area (Å²) in [5.74, 6) is 0.117. The number of hydrogen-bond donors (Lipinski definition) is 0. The van der Waals surface area contributed by atoms with Crippen molar-refractivity contribution in [1.29, 1.82) is 0 Å². The summed E-state index contributed by atoms with van der Waals surface area (Å²) in [4.78, 5) is 23.7. The number of hydrogen-bond acceptors (Lipinski definition) is 4. The second-order valence-electron chi connectivity index (χ2n) is 10.0. The first-order valence-corrected chi connectivity index (χ1v) is 15.0. The molecule has 34 heavy (non-hydrogen) atoms. The quantitative estimate of drug-likeness (QED) is 0.0910. The Balaban J connectivity index is 3.35. The van der Waals surface area contributed by atoms with Crippen molar-refractivity contribution in [1.82, 2.24) is 0 Å². The van der Waals surface area contributed by atoms with E-state index >= 15 is 0 Å². The van der Waals surface area contributed by atoms with Crippen LogP contribution in [0.2, 0.25) is 0 Å². The third-order valence-corrected chi connectivity index (χ3v) is 6.76. The van der Waals surface area contributed by atoms with Gasteiger partial charge < -0.3 is 9.47 Å². The van der Waals surface area contributed by atoms with Crippen LogP contribution in [0.4, 0.5) is 0 Å². The van der Waals surface area contributed by atoms with Gasteiger partial charge in [-0.3, -0.25) is 9.59 Å². The van der Waals surface area contributed by atoms with Crippen molar-refractivity contribution in [3.63, 3.8) is 0 Å². The highest BCUT2D eigenvalue weighted by atomic mass is 16.5. The molecule has 4 heteroatoms. The predicted molar refractivity (Wildman–Crippen MR) is 144 cm³/mol. The molecule has 0 heterocycles. The average Bonchev–Trinajstić information content (AvgIpc) is 2.84. The number of rotatable bonds is 26. The third kappa shape index (κ3) is 22.7. The highest BCUT2D eigenvalue weighted by Crippen LogP contribution is 2.18. The Hall–Kier alpha value is -1.06. The van der Waals surface area contributed by atoms with Crippen LogP contribution in [0.1, 0.15) is 162 Å². The van der Waals surface area contributed by atoms with Crippen molar-refractivity contribution in [3.8, 4) is 0 Å². The zero-order chi connectivity index (χ0) is 25.1. The van der Waals surface area contributed by atoms with Crippen molar-refractivity contribution < 1.29 is 19.1 Å². The second kappa shape index (κ2) is 26.5. The van der Waals surface area contributed by atoms with Crippen molar-refractivity contribution in [3.05, 3.63) is 0 Å². The lowest BCUT2D eigenvalue weighted by atomic mass is 9.97. The molecule has 0 aromatic rings. The van der Waals surface area contributed by atoms with Crippen LogP contribution in [0, 0.1) is 5.92 Å². The van der Waals surface area contributed by atoms with Gasteiger partial charge in [-0.1, -0.05) is 124 Å². The molecule has 0 spiro atoms. The van der Waals surface area contributed by atoms with Crippen molar-refractivity contribution >= 4 is 11.9 Å². The minimum atomic E-state index is -0.0124. The van der Waals surface area contributed by atoms with Gasteiger partial charge in [0.05, 0.1) is 19.1 Å². The molecule has 0 amide bonds. The molecule has 0 aliphatic carbocycles. The van der Waals surface area contributed by atoms with Crippen molar-refractivity contribution in [2.75, 3.05) is 13.2 Å². The number of carbonyl (C=O) groups excluding carboxylic acids is 2. The van der Waals surface area contributed by atoms with Crippen LogP contribution in [0.15, 0.2) is 0 Å². The Labute approximate surface area is 212 Å². The molecule has 4 nitrogen and oxygen atoms in total. The summed E-state index contributed by atoms with van der Waals surface area (Å²) in [6.45, 7) is 7.62. The lowest BCUT2D eigenvalue weighted by molar-refractivity contribution is -0.149. The van der Waals surface area contributed by atoms with Gasteiger partial charge in [-0.15, -0.1) is 0 Å². The van der Waals surface area contributed by atoms with Gasteiger partial charge in [0.1, 0.15) is 0 Å². The first-order valence-electron chi connectivity index (χ1n) is 15.0. The molecule has 0 aliphatic heterocycles. The van der Waals surface area contributed by atoms with Gasteiger partial charge in [-0.2, -0.15) is 0 Å². The van der Waals surface area contributed by atoms with Gasteiger partial charge in [0, 0.05) is 6.42 Å². The Morgan fingerprint density at radius 1 is 0.529 bits per heavy atom. The molecular formula is C30H58O4. The molecular weight excluding hydrogens is 424 g/mol. The fourth-order valence-corrected chi connectivity index (χ4v) is 4.35. The molecule has 1 atom stereocenters. The molecule has 0 saturated heterocycles. The smallest absolute Gasteiger partial charge is 0.308 e. The van der Waals surface area contributed by atoms with E-state index < -0.39 is 0 Å². The van der Waals surface area contributed by atoms with Gasteiger partial charge in [-0.25, -0.2) is 0 Å². The van der Waals surface area contributed by atoms with Crippen LogP contribution < -0.4 is 0 Å². The van der Waals surface area contributed by atoms with Gasteiger partial charge in [0.25, 0.3) is 0 Å². The van der Waals surface area contributed by atoms with Crippen molar-refractivity contribution in [2.24, 2.45) is 5.92 Å². The number of ether oxygens (including phenoxy) is 2. The highest BCUT2D eigenvalue weighted by Gasteiger charge is 2.17. The Bertz CT molecular complexity index is 449. The highest BCUT2D eigenvalue weighted by molar-refractivity contribution is 5.72. The van der Waals surface area contributed by atoms with Gasteiger partial charge in [-0.05, 0) is 32.1 Å². The molecule has 0 bridgehead atoms. The molecule has 202 valence electrons. The molecule has 1 unspecified atom stereocenters. The molecule has 0 radical (unpaired) electrons. The van der Waals surface area contributed by atoms with E-state index in [9.17, 15) is 9.59 Å². The summed E-state index contributed by atoms with van der Waals surface area (Å²) in [5, 5.41) is 0. The summed E-state index contributed by atoms with van der Waals surface area (Å²) in [7, 11) is 0. The van der Waals surface area contributed by atoms with E-state index in [1.807, 2.05) is 0 Å². The van der Waals surface area contributed by atoms with Gasteiger partial charge in [0.2, 0.25) is 0 Å². The topological polar surface area (TPSA) is 52.6 Å². The van der Waals surface area contributed by atoms with E-state index in [-0.39, 0.29) is 17.9 Å². The number of esters is 2. The fourth-order valence-electron chi connectivity index (χ4n) is 4.35. The monoisotopic (exact) mass is 482 g/mol. The Kier molecular flexibility index (Phi) is 25.7. The Morgan fingerprint density at radius 3 is 1.44 bits per heavy atom. The molecule has 0 saturated carbocycles. The molecule has 0 N–H and O–H groups in total. The SMILES string of the molecule is CCCCCOC(=O)CCCCCCCCCCCCCCCC(CC)C(=O)OCCCCC. The lowest BCUT2D eigenvalue weighted by Gasteiger charge is -2.14. The van der Waals surface area contributed by atoms with Crippen LogP contribution in [0.5, 0.6) is 0 Å². The fraction of sp³-hybridized carbons (Fsp3) is 0.933. The van der Waals surface area contributed by atoms with Crippen LogP contribution in [-0.2, 0) is 19.1 Å². The van der Waals surface area contributed by atoms with Crippen molar-refractivity contribution in [2.45, 2.75) is 162 Å². The van der Waals surface area contributed by atoms with E-state index in [1.165, 1.54) is 64.2 Å². The molecule has 0 rings (SSSR count). The lowest BCUT2D eigenvalue weighted by Crippen LogP contribution is -2.17. The number of carbonyl (C=O) groups is 2. The summed E-state index contributed by atoms with van der Waals surface area (Å²) >= 11 is 0. The van der Waals surface area contributed by atoms with E-state index in [1.54, 1.807) is 0 Å². The molecule has 0 aliphatic rings. The summed E-state index contributed by atoms with van der Waals surface area (Å²) < 4.78 is 10.7. The van der Waals surface area contributed by atoms with E-state index in [0.717, 1.165) is 70.6 Å². The van der Waals surface area contributed by atoms with E-state index in [2.05, 4.69) is 20.8 Å². The maximum atomic E-state index is 12.1. The normalized spacial score (nSPS) is 12.0. The van der Waals surface area contributed by atoms with Crippen LogP contribution in [0.3, 0.4) is 0 Å². The molecule has 0 fully saturated rings. The van der Waals surface area contributed by atoms with Crippen LogP contribution in [-0.4, -0.2) is 25.2 Å². The van der Waals surface area contributed by atoms with Crippen LogP contribution in [0.25, 0.3) is 0 Å². The van der Waals surface area contributed by atoms with Crippen LogP contribution >= 0.6 is 0 Å². The summed E-state index contributed by atoms with van der Waals surface area (Å²) in [6.07, 6.45) is 25.5. The predicted octanol–water partition coefficient (Wildman–Crippen LogP) is 9.33. The zero-order valence-electron chi connectivity index (χ0n) is 23.2. The standard InChI is InChI=1S/C30H58O4/c1-4-7-22-26-33-29(31)25-21-19-17-15-13-11-9-10-12-14-16-18-20-24-28(6-3)30(32)34-27-23-8-5-2/h28H,4-27H2,1-3H3. The second-order valence-corrected chi connectivity index (χ2v) is 10.0. The Morgan fingerprint density at radius 2 is 0.971 bits per heavy atom. The third-order valence-electron chi connectivity index (χ3n) is 6.76. The summed E-state index contributed by atoms with van der Waals surface area (Å²) in [6, 6.07) is 0. The zero-order valence-corrected chi connectivity index (χ0v) is 23.2. The largest absolute Gasteiger partial charge is 0.466 e. The number of unbranched alkanes of at least 4 members (excludes halogenated alkanes) is 16. The first kappa shape index (κ1) is 32.9. The summed E-state index contributed by atoms with van der Waals surface area (Å²) in [5.41, 5.74) is 0. The minimum absolute atomic E-state index is 0.0124. The minimum Gasteiger partial charge on any atom is -0.466 e. The van der Waals surface area contributed by atoms with Gasteiger partial charge in [0.15, 0.2) is 0 Å². The molecule has 0 aromatic carbocycles. The maximum Gasteiger partial charge on any atom is 0.308 e. The molecule has 0 aromatic heterocycles.